The predicted octanol–water partition coefficient (Wildman–Crippen LogP) is 6.16. The van der Waals surface area contributed by atoms with Crippen LogP contribution in [-0.4, -0.2) is 42.7 Å². The summed E-state index contributed by atoms with van der Waals surface area (Å²) in [7, 11) is -3.87. The summed E-state index contributed by atoms with van der Waals surface area (Å²) in [6.07, 6.45) is 4.30. The predicted molar refractivity (Wildman–Crippen MR) is 152 cm³/mol. The van der Waals surface area contributed by atoms with Crippen molar-refractivity contribution in [1.29, 1.82) is 0 Å². The van der Waals surface area contributed by atoms with Gasteiger partial charge in [-0.2, -0.15) is 0 Å². The molecule has 2 aliphatic heterocycles. The molecule has 2 amide bonds. The quantitative estimate of drug-likeness (QED) is 0.332. The summed E-state index contributed by atoms with van der Waals surface area (Å²) in [5.74, 6) is 1.46. The van der Waals surface area contributed by atoms with E-state index in [0.29, 0.717) is 58.3 Å². The number of anilines is 1. The van der Waals surface area contributed by atoms with Crippen molar-refractivity contribution in [3.63, 3.8) is 0 Å². The summed E-state index contributed by atoms with van der Waals surface area (Å²) in [5, 5.41) is 13.5. The molecule has 1 aromatic heterocycles. The molecule has 3 aromatic rings. The Morgan fingerprint density at radius 3 is 2.55 bits per heavy atom. The second-order valence-corrected chi connectivity index (χ2v) is 13.4. The number of nitrogens with zero attached hydrogens (tertiary/aromatic N) is 2. The van der Waals surface area contributed by atoms with Crippen LogP contribution in [0.15, 0.2) is 51.9 Å². The van der Waals surface area contributed by atoms with Gasteiger partial charge in [0.25, 0.3) is 0 Å². The number of carbonyl (C=O) groups excluding carboxylic acids is 1. The molecule has 4 atom stereocenters. The molecule has 2 bridgehead atoms. The van der Waals surface area contributed by atoms with Gasteiger partial charge in [-0.25, -0.2) is 18.4 Å². The van der Waals surface area contributed by atoms with Gasteiger partial charge in [0, 0.05) is 34.8 Å². The van der Waals surface area contributed by atoms with Crippen molar-refractivity contribution < 1.29 is 22.5 Å². The van der Waals surface area contributed by atoms with Gasteiger partial charge in [0.2, 0.25) is 10.0 Å². The Morgan fingerprint density at radius 2 is 1.88 bits per heavy atom. The molecule has 0 spiro atoms. The Balaban J connectivity index is 1.17. The van der Waals surface area contributed by atoms with Crippen LogP contribution in [0.5, 0.6) is 0 Å². The third kappa shape index (κ3) is 5.35. The van der Waals surface area contributed by atoms with E-state index in [1.54, 1.807) is 30.3 Å². The van der Waals surface area contributed by atoms with Crippen molar-refractivity contribution in [2.24, 2.45) is 11.1 Å². The maximum absolute atomic E-state index is 13.3. The van der Waals surface area contributed by atoms with Gasteiger partial charge < -0.3 is 19.5 Å². The molecule has 0 radical (unpaired) electrons. The lowest BCUT2D eigenvalue weighted by atomic mass is 9.97. The van der Waals surface area contributed by atoms with Crippen LogP contribution in [0.25, 0.3) is 11.3 Å². The van der Waals surface area contributed by atoms with Gasteiger partial charge in [-0.1, -0.05) is 47.4 Å². The third-order valence-electron chi connectivity index (χ3n) is 8.17. The highest BCUT2D eigenvalue weighted by Gasteiger charge is 2.47. The van der Waals surface area contributed by atoms with Crippen molar-refractivity contribution >= 4 is 44.9 Å². The van der Waals surface area contributed by atoms with Crippen molar-refractivity contribution in [3.05, 3.63) is 63.8 Å². The number of amides is 2. The Kier molecular flexibility index (Phi) is 7.33. The van der Waals surface area contributed by atoms with Gasteiger partial charge in [-0.05, 0) is 68.4 Å². The van der Waals surface area contributed by atoms with E-state index in [0.717, 1.165) is 30.6 Å². The minimum atomic E-state index is -3.87. The van der Waals surface area contributed by atoms with E-state index in [9.17, 15) is 13.2 Å². The molecule has 12 heteroatoms. The van der Waals surface area contributed by atoms with E-state index in [1.165, 1.54) is 12.1 Å². The molecule has 9 nitrogen and oxygen atoms in total. The summed E-state index contributed by atoms with van der Waals surface area (Å²) in [6, 6.07) is 11.1. The number of ether oxygens (including phenoxy) is 1. The highest BCUT2D eigenvalue weighted by molar-refractivity contribution is 7.89. The van der Waals surface area contributed by atoms with Crippen LogP contribution in [0.3, 0.4) is 0 Å². The number of hydrogen-bond donors (Lipinski definition) is 2. The first kappa shape index (κ1) is 27.5. The zero-order valence-corrected chi connectivity index (χ0v) is 24.2. The fourth-order valence-electron chi connectivity index (χ4n) is 6.11. The number of halogens is 2. The molecular formula is C28H30Cl2N4O5S. The van der Waals surface area contributed by atoms with Crippen LogP contribution < -0.4 is 10.5 Å². The van der Waals surface area contributed by atoms with Crippen LogP contribution in [0.2, 0.25) is 10.0 Å². The summed E-state index contributed by atoms with van der Waals surface area (Å²) < 4.78 is 35.7. The van der Waals surface area contributed by atoms with E-state index >= 15 is 0 Å². The Morgan fingerprint density at radius 1 is 1.15 bits per heavy atom. The number of benzene rings is 2. The lowest BCUT2D eigenvalue weighted by Gasteiger charge is -2.39. The molecule has 40 heavy (non-hydrogen) atoms. The second-order valence-electron chi connectivity index (χ2n) is 11.0. The van der Waals surface area contributed by atoms with Gasteiger partial charge >= 0.3 is 6.03 Å². The Labute approximate surface area is 243 Å². The van der Waals surface area contributed by atoms with Crippen LogP contribution in [0.4, 0.5) is 10.5 Å². The van der Waals surface area contributed by atoms with Crippen LogP contribution in [-0.2, 0) is 21.4 Å². The lowest BCUT2D eigenvalue weighted by Crippen LogP contribution is -2.51. The maximum Gasteiger partial charge on any atom is 0.322 e. The minimum Gasteiger partial charge on any atom is -0.373 e. The molecule has 2 aromatic carbocycles. The zero-order chi connectivity index (χ0) is 28.2. The molecular weight excluding hydrogens is 575 g/mol. The Hall–Kier alpha value is -2.63. The van der Waals surface area contributed by atoms with Crippen molar-refractivity contribution in [1.82, 2.24) is 10.1 Å². The normalized spacial score (nSPS) is 24.4. The molecule has 3 fully saturated rings. The summed E-state index contributed by atoms with van der Waals surface area (Å²) in [4.78, 5) is 15.2. The molecule has 3 heterocycles. The Bertz CT molecular complexity index is 1540. The van der Waals surface area contributed by atoms with E-state index in [1.807, 2.05) is 4.90 Å². The first-order valence-corrected chi connectivity index (χ1v) is 15.7. The monoisotopic (exact) mass is 604 g/mol. The second kappa shape index (κ2) is 10.6. The highest BCUT2D eigenvalue weighted by atomic mass is 35.5. The van der Waals surface area contributed by atoms with Crippen molar-refractivity contribution in [3.8, 4) is 11.3 Å². The number of hydrogen-bond acceptors (Lipinski definition) is 6. The minimum absolute atomic E-state index is 0.00281. The fourth-order valence-corrected chi connectivity index (χ4v) is 7.25. The highest BCUT2D eigenvalue weighted by Crippen LogP contribution is 2.47. The van der Waals surface area contributed by atoms with E-state index in [-0.39, 0.29) is 29.1 Å². The molecule has 6 rings (SSSR count). The van der Waals surface area contributed by atoms with Crippen LogP contribution >= 0.6 is 23.2 Å². The molecule has 1 saturated carbocycles. The molecule has 2 saturated heterocycles. The first-order valence-electron chi connectivity index (χ1n) is 13.4. The van der Waals surface area contributed by atoms with Gasteiger partial charge in [-0.15, -0.1) is 0 Å². The van der Waals surface area contributed by atoms with Gasteiger partial charge in [-0.3, -0.25) is 0 Å². The lowest BCUT2D eigenvalue weighted by molar-refractivity contribution is -0.0181. The number of nitrogens with two attached hydrogens (primary N) is 1. The van der Waals surface area contributed by atoms with Crippen LogP contribution in [0.1, 0.15) is 56.3 Å². The topological polar surface area (TPSA) is 128 Å². The molecule has 2 unspecified atom stereocenters. The summed E-state index contributed by atoms with van der Waals surface area (Å²) in [5.41, 5.74) is 2.53. The average Bonchev–Trinajstić information content (AvgIpc) is 3.62. The van der Waals surface area contributed by atoms with E-state index < -0.39 is 10.0 Å². The smallest absolute Gasteiger partial charge is 0.322 e. The van der Waals surface area contributed by atoms with Gasteiger partial charge in [0.05, 0.1) is 27.7 Å². The van der Waals surface area contributed by atoms with Crippen LogP contribution in [0, 0.1) is 5.92 Å². The number of primary sulfonamides is 1. The maximum atomic E-state index is 13.3. The standard InChI is InChI=1S/C28H30Cl2N4O5S/c1-15-10-18-12-19(13-24(15)34(18)28(35)32-17-4-2-5-20(11-17)40(31,36)37)38-14-21-26(33-39-27(21)16-8-9-16)25-22(29)6-3-7-23(25)30/h2-7,11,15-16,18-19,24H,8-10,12-14H2,1H3,(H,32,35)(H2,31,36,37)/t15-,18?,19+,24?/m1/s1. The third-order valence-corrected chi connectivity index (χ3v) is 9.71. The molecule has 3 N–H and O–H groups in total. The zero-order valence-electron chi connectivity index (χ0n) is 21.8. The fraction of sp³-hybridized carbons (Fsp3) is 0.429. The number of carbonyl (C=O) groups is 1. The number of nitrogens with one attached hydrogen (secondary N) is 1. The number of fused-ring (bicyclic) bond motifs is 2. The van der Waals surface area contributed by atoms with Gasteiger partial charge in [0.15, 0.2) is 0 Å². The summed E-state index contributed by atoms with van der Waals surface area (Å²) >= 11 is 13.0. The average molecular weight is 606 g/mol. The molecule has 212 valence electrons. The SMILES string of the molecule is C[C@@H]1CC2C[C@H](OCc3c(-c4c(Cl)cccc4Cl)noc3C3CC3)CC1N2C(=O)Nc1cccc(S(N)(=O)=O)c1. The van der Waals surface area contributed by atoms with E-state index in [2.05, 4.69) is 17.4 Å². The summed E-state index contributed by atoms with van der Waals surface area (Å²) in [6.45, 7) is 2.47. The van der Waals surface area contributed by atoms with Crippen molar-refractivity contribution in [2.45, 2.75) is 74.6 Å². The molecule has 3 aliphatic rings. The molecule has 1 aliphatic carbocycles. The van der Waals surface area contributed by atoms with Crippen molar-refractivity contribution in [2.75, 3.05) is 5.32 Å². The number of sulfonamides is 1. The largest absolute Gasteiger partial charge is 0.373 e. The van der Waals surface area contributed by atoms with E-state index in [4.69, 9.17) is 37.6 Å². The number of rotatable bonds is 7. The first-order chi connectivity index (χ1) is 19.1. The number of aromatic nitrogens is 1. The number of piperidine rings is 1. The van der Waals surface area contributed by atoms with Gasteiger partial charge in [0.1, 0.15) is 11.5 Å². The number of urea groups is 1.